The predicted molar refractivity (Wildman–Crippen MR) is 76.1 cm³/mol. The molecule has 2 N–H and O–H groups in total. The molecular weight excluding hydrogens is 240 g/mol. The summed E-state index contributed by atoms with van der Waals surface area (Å²) in [6, 6.07) is 5.56. The monoisotopic (exact) mass is 262 g/mol. The van der Waals surface area contributed by atoms with Gasteiger partial charge in [0.15, 0.2) is 5.65 Å². The fraction of sp³-hybridized carbons (Fsp3) is 0.571. The molecule has 19 heavy (non-hydrogen) atoms. The van der Waals surface area contributed by atoms with Gasteiger partial charge in [-0.05, 0) is 36.9 Å². The molecule has 0 unspecified atom stereocenters. The van der Waals surface area contributed by atoms with E-state index >= 15 is 0 Å². The van der Waals surface area contributed by atoms with E-state index in [1.54, 1.807) is 15.3 Å². The summed E-state index contributed by atoms with van der Waals surface area (Å²) in [5, 5.41) is 4.31. The third kappa shape index (κ3) is 3.23. The Hall–Kier alpha value is -1.62. The molecule has 0 saturated carbocycles. The minimum absolute atomic E-state index is 0.0614. The van der Waals surface area contributed by atoms with Crippen molar-refractivity contribution in [3.63, 3.8) is 0 Å². The molecular formula is C14H22N4O. The molecule has 0 aromatic carbocycles. The van der Waals surface area contributed by atoms with Crippen LogP contribution in [0.4, 0.5) is 0 Å². The molecule has 0 bridgehead atoms. The number of fused-ring (bicyclic) bond motifs is 1. The van der Waals surface area contributed by atoms with Gasteiger partial charge in [-0.15, -0.1) is 5.10 Å². The maximum atomic E-state index is 12.0. The lowest BCUT2D eigenvalue weighted by atomic mass is 9.87. The molecule has 2 aromatic heterocycles. The molecule has 2 rings (SSSR count). The minimum Gasteiger partial charge on any atom is -0.330 e. The van der Waals surface area contributed by atoms with Crippen LogP contribution in [0.2, 0.25) is 0 Å². The molecule has 0 spiro atoms. The molecule has 0 fully saturated rings. The van der Waals surface area contributed by atoms with Crippen LogP contribution in [0.1, 0.15) is 33.1 Å². The van der Waals surface area contributed by atoms with Crippen molar-refractivity contribution >= 4 is 5.65 Å². The van der Waals surface area contributed by atoms with Gasteiger partial charge in [0.25, 0.3) is 0 Å². The van der Waals surface area contributed by atoms with E-state index in [2.05, 4.69) is 18.9 Å². The number of pyridine rings is 1. The average molecular weight is 262 g/mol. The molecule has 2 aromatic rings. The fourth-order valence-corrected chi connectivity index (χ4v) is 2.08. The first-order valence-corrected chi connectivity index (χ1v) is 6.78. The van der Waals surface area contributed by atoms with Gasteiger partial charge in [-0.2, -0.15) is 0 Å². The third-order valence-corrected chi connectivity index (χ3v) is 3.51. The summed E-state index contributed by atoms with van der Waals surface area (Å²) in [7, 11) is 0. The third-order valence-electron chi connectivity index (χ3n) is 3.51. The van der Waals surface area contributed by atoms with E-state index in [1.165, 1.54) is 0 Å². The number of aryl methyl sites for hydroxylation is 1. The van der Waals surface area contributed by atoms with E-state index < -0.39 is 0 Å². The summed E-state index contributed by atoms with van der Waals surface area (Å²) in [6.07, 6.45) is 4.84. The van der Waals surface area contributed by atoms with Crippen molar-refractivity contribution in [2.75, 3.05) is 6.54 Å². The molecule has 0 atom stereocenters. The van der Waals surface area contributed by atoms with E-state index in [9.17, 15) is 4.79 Å². The van der Waals surface area contributed by atoms with Crippen LogP contribution in [0.25, 0.3) is 5.65 Å². The molecule has 0 aliphatic rings. The van der Waals surface area contributed by atoms with Gasteiger partial charge in [0, 0.05) is 12.7 Å². The second-order valence-corrected chi connectivity index (χ2v) is 5.76. The number of nitrogens with two attached hydrogens (primary N) is 1. The van der Waals surface area contributed by atoms with Gasteiger partial charge in [-0.1, -0.05) is 26.3 Å². The van der Waals surface area contributed by atoms with Crippen LogP contribution in [-0.4, -0.2) is 20.7 Å². The van der Waals surface area contributed by atoms with Crippen LogP contribution in [0.5, 0.6) is 0 Å². The predicted octanol–water partition coefficient (Wildman–Crippen LogP) is 1.65. The first kappa shape index (κ1) is 13.8. The zero-order valence-electron chi connectivity index (χ0n) is 11.7. The zero-order valence-corrected chi connectivity index (χ0v) is 11.7. The van der Waals surface area contributed by atoms with E-state index in [-0.39, 0.29) is 11.1 Å². The Morgan fingerprint density at radius 2 is 2.11 bits per heavy atom. The number of unbranched alkanes of at least 4 members (excludes halogenated alkanes) is 1. The summed E-state index contributed by atoms with van der Waals surface area (Å²) < 4.78 is 3.12. The van der Waals surface area contributed by atoms with Gasteiger partial charge in [0.2, 0.25) is 0 Å². The molecule has 0 radical (unpaired) electrons. The van der Waals surface area contributed by atoms with Crippen molar-refractivity contribution in [2.24, 2.45) is 11.1 Å². The second-order valence-electron chi connectivity index (χ2n) is 5.76. The Morgan fingerprint density at radius 1 is 1.32 bits per heavy atom. The van der Waals surface area contributed by atoms with Crippen molar-refractivity contribution in [1.29, 1.82) is 0 Å². The molecule has 5 heteroatoms. The smallest absolute Gasteiger partial charge is 0.330 e. The van der Waals surface area contributed by atoms with Gasteiger partial charge >= 0.3 is 5.69 Å². The SMILES string of the molecule is CC(C)(CN)CCCCn1nc2ccccn2c1=O. The van der Waals surface area contributed by atoms with Crippen LogP contribution >= 0.6 is 0 Å². The highest BCUT2D eigenvalue weighted by atomic mass is 16.2. The van der Waals surface area contributed by atoms with Crippen molar-refractivity contribution in [1.82, 2.24) is 14.2 Å². The van der Waals surface area contributed by atoms with Gasteiger partial charge in [-0.3, -0.25) is 4.40 Å². The Balaban J connectivity index is 1.95. The van der Waals surface area contributed by atoms with Gasteiger partial charge in [0.05, 0.1) is 0 Å². The molecule has 2 heterocycles. The fourth-order valence-electron chi connectivity index (χ4n) is 2.08. The number of hydrogen-bond acceptors (Lipinski definition) is 3. The second kappa shape index (κ2) is 5.57. The number of rotatable bonds is 6. The summed E-state index contributed by atoms with van der Waals surface area (Å²) >= 11 is 0. The van der Waals surface area contributed by atoms with Crippen molar-refractivity contribution < 1.29 is 0 Å². The van der Waals surface area contributed by atoms with E-state index in [1.807, 2.05) is 18.2 Å². The Kier molecular flexibility index (Phi) is 4.04. The average Bonchev–Trinajstić information content (AvgIpc) is 2.72. The maximum absolute atomic E-state index is 12.0. The van der Waals surface area contributed by atoms with Crippen LogP contribution in [-0.2, 0) is 6.54 Å². The molecule has 5 nitrogen and oxygen atoms in total. The molecule has 0 amide bonds. The van der Waals surface area contributed by atoms with E-state index in [4.69, 9.17) is 5.73 Å². The largest absolute Gasteiger partial charge is 0.350 e. The highest BCUT2D eigenvalue weighted by Gasteiger charge is 2.14. The summed E-state index contributed by atoms with van der Waals surface area (Å²) in [4.78, 5) is 12.0. The molecule has 104 valence electrons. The van der Waals surface area contributed by atoms with Crippen LogP contribution in [0, 0.1) is 5.41 Å². The highest BCUT2D eigenvalue weighted by Crippen LogP contribution is 2.21. The minimum atomic E-state index is -0.0614. The summed E-state index contributed by atoms with van der Waals surface area (Å²) in [5.74, 6) is 0. The summed E-state index contributed by atoms with van der Waals surface area (Å²) in [6.45, 7) is 5.71. The first-order chi connectivity index (χ1) is 9.03. The lowest BCUT2D eigenvalue weighted by Gasteiger charge is -2.21. The number of hydrogen-bond donors (Lipinski definition) is 1. The van der Waals surface area contributed by atoms with Crippen molar-refractivity contribution in [3.05, 3.63) is 34.9 Å². The normalized spacial score (nSPS) is 12.2. The van der Waals surface area contributed by atoms with Crippen molar-refractivity contribution in [3.8, 4) is 0 Å². The Morgan fingerprint density at radius 3 is 2.79 bits per heavy atom. The van der Waals surface area contributed by atoms with E-state index in [0.29, 0.717) is 18.7 Å². The Labute approximate surface area is 113 Å². The van der Waals surface area contributed by atoms with Crippen LogP contribution in [0.3, 0.4) is 0 Å². The summed E-state index contributed by atoms with van der Waals surface area (Å²) in [5.41, 5.74) is 6.53. The van der Waals surface area contributed by atoms with Gasteiger partial charge in [0.1, 0.15) is 0 Å². The lowest BCUT2D eigenvalue weighted by Crippen LogP contribution is -2.24. The quantitative estimate of drug-likeness (QED) is 0.805. The molecule has 0 saturated heterocycles. The zero-order chi connectivity index (χ0) is 13.9. The first-order valence-electron chi connectivity index (χ1n) is 6.78. The van der Waals surface area contributed by atoms with Crippen molar-refractivity contribution in [2.45, 2.75) is 39.7 Å². The number of nitrogens with zero attached hydrogens (tertiary/aromatic N) is 3. The Bertz CT molecular complexity index is 597. The van der Waals surface area contributed by atoms with Crippen LogP contribution in [0.15, 0.2) is 29.2 Å². The van der Waals surface area contributed by atoms with Crippen LogP contribution < -0.4 is 11.4 Å². The van der Waals surface area contributed by atoms with E-state index in [0.717, 1.165) is 19.3 Å². The lowest BCUT2D eigenvalue weighted by molar-refractivity contribution is 0.327. The highest BCUT2D eigenvalue weighted by molar-refractivity contribution is 5.35. The maximum Gasteiger partial charge on any atom is 0.350 e. The topological polar surface area (TPSA) is 65.3 Å². The molecule has 0 aliphatic heterocycles. The number of aromatic nitrogens is 3. The van der Waals surface area contributed by atoms with Gasteiger partial charge < -0.3 is 5.73 Å². The standard InChI is InChI=1S/C14H22N4O/c1-14(2,11-15)8-4-6-10-18-13(19)17-9-5-3-7-12(17)16-18/h3,5,7,9H,4,6,8,10-11,15H2,1-2H3. The van der Waals surface area contributed by atoms with Gasteiger partial charge in [-0.25, -0.2) is 9.48 Å². The molecule has 0 aliphatic carbocycles.